The van der Waals surface area contributed by atoms with E-state index >= 15 is 0 Å². The van der Waals surface area contributed by atoms with Gasteiger partial charge in [0.05, 0.1) is 0 Å². The summed E-state index contributed by atoms with van der Waals surface area (Å²) in [5, 5.41) is 12.2. The summed E-state index contributed by atoms with van der Waals surface area (Å²) in [5.74, 6) is 0. The maximum atomic E-state index is 4.19. The Morgan fingerprint density at radius 1 is 0.833 bits per heavy atom. The largest absolute Gasteiger partial charge is 0.331 e. The van der Waals surface area contributed by atoms with E-state index in [-0.39, 0.29) is 0 Å². The Morgan fingerprint density at radius 2 is 1.39 bits per heavy atom. The molecule has 0 atom stereocenters. The minimum absolute atomic E-state index is 0.890. The van der Waals surface area contributed by atoms with Crippen LogP contribution >= 0.6 is 22.7 Å². The van der Waals surface area contributed by atoms with Gasteiger partial charge in [-0.15, -0.1) is 22.7 Å². The lowest BCUT2D eigenvalue weighted by atomic mass is 10.3. The molecule has 0 aliphatic rings. The Hall–Kier alpha value is -1.92. The average molecular weight is 274 g/mol. The van der Waals surface area contributed by atoms with Crippen molar-refractivity contribution < 1.29 is 0 Å². The van der Waals surface area contributed by atoms with Crippen LogP contribution in [0.15, 0.2) is 47.4 Å². The van der Waals surface area contributed by atoms with Gasteiger partial charge in [-0.1, -0.05) is 6.07 Å². The predicted molar refractivity (Wildman–Crippen MR) is 77.2 cm³/mol. The highest BCUT2D eigenvalue weighted by molar-refractivity contribution is 7.14. The summed E-state index contributed by atoms with van der Waals surface area (Å²) < 4.78 is 0. The fraction of sp³-hybridized carbons (Fsp3) is 0. The zero-order chi connectivity index (χ0) is 12.2. The van der Waals surface area contributed by atoms with E-state index in [1.54, 1.807) is 35.1 Å². The maximum Gasteiger partial charge on any atom is 0.187 e. The summed E-state index contributed by atoms with van der Waals surface area (Å²) >= 11 is 3.15. The second-order valence-electron chi connectivity index (χ2n) is 3.51. The van der Waals surface area contributed by atoms with Crippen LogP contribution in [0.2, 0.25) is 0 Å². The van der Waals surface area contributed by atoms with E-state index in [4.69, 9.17) is 0 Å². The van der Waals surface area contributed by atoms with Crippen LogP contribution in [0.1, 0.15) is 0 Å². The van der Waals surface area contributed by atoms with Gasteiger partial charge in [-0.05, 0) is 18.2 Å². The molecule has 0 amide bonds. The third-order valence-corrected chi connectivity index (χ3v) is 3.61. The average Bonchev–Trinajstić information content (AvgIpc) is 3.03. The normalized spacial score (nSPS) is 10.2. The quantitative estimate of drug-likeness (QED) is 0.752. The number of anilines is 4. The Balaban J connectivity index is 1.76. The molecule has 0 aliphatic carbocycles. The Bertz CT molecular complexity index is 553. The molecule has 1 aromatic carbocycles. The molecule has 3 rings (SSSR count). The highest BCUT2D eigenvalue weighted by Gasteiger charge is 2.00. The van der Waals surface area contributed by atoms with Crippen molar-refractivity contribution in [3.63, 3.8) is 0 Å². The molecule has 0 saturated heterocycles. The minimum Gasteiger partial charge on any atom is -0.331 e. The second kappa shape index (κ2) is 5.16. The minimum atomic E-state index is 0.890. The first kappa shape index (κ1) is 11.2. The van der Waals surface area contributed by atoms with Crippen LogP contribution in [-0.4, -0.2) is 9.97 Å². The molecule has 3 aromatic rings. The molecule has 0 saturated carbocycles. The monoisotopic (exact) mass is 274 g/mol. The molecule has 2 N–H and O–H groups in total. The molecule has 6 heteroatoms. The van der Waals surface area contributed by atoms with Crippen LogP contribution in [0.25, 0.3) is 0 Å². The third kappa shape index (κ3) is 2.66. The maximum absolute atomic E-state index is 4.19. The van der Waals surface area contributed by atoms with Crippen molar-refractivity contribution in [1.82, 2.24) is 9.97 Å². The second-order valence-corrected chi connectivity index (χ2v) is 5.29. The SMILES string of the molecule is c1cc(Nc2nccs2)cc(Nc2nccs2)c1. The summed E-state index contributed by atoms with van der Waals surface area (Å²) in [7, 11) is 0. The molecule has 0 aliphatic heterocycles. The lowest BCUT2D eigenvalue weighted by Crippen LogP contribution is -1.92. The standard InChI is InChI=1S/C12H10N4S2/c1-2-9(15-11-13-4-6-17-11)8-10(3-1)16-12-14-5-7-18-12/h1-8H,(H,13,15)(H,14,16). The molecule has 2 aromatic heterocycles. The Labute approximate surface area is 112 Å². The van der Waals surface area contributed by atoms with Crippen molar-refractivity contribution in [3.8, 4) is 0 Å². The Kier molecular flexibility index (Phi) is 3.20. The molecule has 90 valence electrons. The number of nitrogens with one attached hydrogen (secondary N) is 2. The molecule has 0 radical (unpaired) electrons. The summed E-state index contributed by atoms with van der Waals surface area (Å²) in [6.45, 7) is 0. The molecule has 0 fully saturated rings. The van der Waals surface area contributed by atoms with Crippen LogP contribution in [0.3, 0.4) is 0 Å². The number of hydrogen-bond donors (Lipinski definition) is 2. The van der Waals surface area contributed by atoms with Crippen molar-refractivity contribution in [2.45, 2.75) is 0 Å². The molecule has 4 nitrogen and oxygen atoms in total. The first-order valence-electron chi connectivity index (χ1n) is 5.33. The van der Waals surface area contributed by atoms with Gasteiger partial charge < -0.3 is 10.6 Å². The van der Waals surface area contributed by atoms with E-state index in [0.717, 1.165) is 21.6 Å². The fourth-order valence-corrected chi connectivity index (χ4v) is 2.59. The van der Waals surface area contributed by atoms with E-state index in [9.17, 15) is 0 Å². The van der Waals surface area contributed by atoms with Crippen molar-refractivity contribution in [1.29, 1.82) is 0 Å². The number of rotatable bonds is 4. The van der Waals surface area contributed by atoms with Gasteiger partial charge in [0.2, 0.25) is 0 Å². The molecular formula is C12H10N4S2. The Morgan fingerprint density at radius 3 is 1.83 bits per heavy atom. The van der Waals surface area contributed by atoms with E-state index < -0.39 is 0 Å². The van der Waals surface area contributed by atoms with Gasteiger partial charge in [-0.25, -0.2) is 9.97 Å². The number of nitrogens with zero attached hydrogens (tertiary/aromatic N) is 2. The van der Waals surface area contributed by atoms with E-state index in [1.807, 2.05) is 35.0 Å². The number of hydrogen-bond acceptors (Lipinski definition) is 6. The topological polar surface area (TPSA) is 49.8 Å². The molecule has 18 heavy (non-hydrogen) atoms. The van der Waals surface area contributed by atoms with Gasteiger partial charge >= 0.3 is 0 Å². The van der Waals surface area contributed by atoms with Crippen LogP contribution in [0.5, 0.6) is 0 Å². The highest BCUT2D eigenvalue weighted by atomic mass is 32.1. The van der Waals surface area contributed by atoms with Gasteiger partial charge in [0.1, 0.15) is 0 Å². The van der Waals surface area contributed by atoms with Crippen molar-refractivity contribution in [3.05, 3.63) is 47.4 Å². The zero-order valence-corrected chi connectivity index (χ0v) is 11.0. The van der Waals surface area contributed by atoms with Gasteiger partial charge in [-0.2, -0.15) is 0 Å². The summed E-state index contributed by atoms with van der Waals surface area (Å²) in [6.07, 6.45) is 3.56. The van der Waals surface area contributed by atoms with Gasteiger partial charge in [0.15, 0.2) is 10.3 Å². The van der Waals surface area contributed by atoms with Crippen LogP contribution < -0.4 is 10.6 Å². The van der Waals surface area contributed by atoms with E-state index in [0.29, 0.717) is 0 Å². The molecule has 0 spiro atoms. The molecular weight excluding hydrogens is 264 g/mol. The number of thiazole rings is 2. The summed E-state index contributed by atoms with van der Waals surface area (Å²) in [6, 6.07) is 8.04. The summed E-state index contributed by atoms with van der Waals surface area (Å²) in [4.78, 5) is 8.39. The van der Waals surface area contributed by atoms with Crippen LogP contribution in [-0.2, 0) is 0 Å². The van der Waals surface area contributed by atoms with Crippen LogP contribution in [0, 0.1) is 0 Å². The van der Waals surface area contributed by atoms with Crippen molar-refractivity contribution in [2.75, 3.05) is 10.6 Å². The van der Waals surface area contributed by atoms with Crippen molar-refractivity contribution in [2.24, 2.45) is 0 Å². The molecule has 2 heterocycles. The predicted octanol–water partition coefficient (Wildman–Crippen LogP) is 4.09. The van der Waals surface area contributed by atoms with Gasteiger partial charge in [-0.3, -0.25) is 0 Å². The fourth-order valence-electron chi connectivity index (χ4n) is 1.49. The van der Waals surface area contributed by atoms with Crippen LogP contribution in [0.4, 0.5) is 21.6 Å². The first-order valence-corrected chi connectivity index (χ1v) is 7.09. The lowest BCUT2D eigenvalue weighted by Gasteiger charge is -2.06. The van der Waals surface area contributed by atoms with E-state index in [2.05, 4.69) is 20.6 Å². The highest BCUT2D eigenvalue weighted by Crippen LogP contribution is 2.24. The van der Waals surface area contributed by atoms with Crippen molar-refractivity contribution >= 4 is 44.3 Å². The zero-order valence-electron chi connectivity index (χ0n) is 9.33. The summed E-state index contributed by atoms with van der Waals surface area (Å²) in [5.41, 5.74) is 2.01. The van der Waals surface area contributed by atoms with Gasteiger partial charge in [0, 0.05) is 34.5 Å². The molecule has 0 unspecified atom stereocenters. The van der Waals surface area contributed by atoms with E-state index in [1.165, 1.54) is 0 Å². The smallest absolute Gasteiger partial charge is 0.187 e. The third-order valence-electron chi connectivity index (χ3n) is 2.23. The van der Waals surface area contributed by atoms with Gasteiger partial charge in [0.25, 0.3) is 0 Å². The lowest BCUT2D eigenvalue weighted by molar-refractivity contribution is 1.38. The molecule has 0 bridgehead atoms. The number of benzene rings is 1. The number of aromatic nitrogens is 2. The first-order chi connectivity index (χ1) is 8.90.